The molecule has 2 aromatic rings. The molecule has 0 spiro atoms. The number of carboxylic acid groups (broad SMARTS) is 1. The summed E-state index contributed by atoms with van der Waals surface area (Å²) < 4.78 is 42.9. The molecule has 0 bridgehead atoms. The van der Waals surface area contributed by atoms with Gasteiger partial charge < -0.3 is 30.6 Å². The topological polar surface area (TPSA) is 158 Å². The highest BCUT2D eigenvalue weighted by Gasteiger charge is 2.35. The number of carboxylic acids is 1. The van der Waals surface area contributed by atoms with E-state index in [0.717, 1.165) is 0 Å². The lowest BCUT2D eigenvalue weighted by Crippen LogP contribution is -2.58. The molecule has 0 saturated heterocycles. The number of rotatable bonds is 13. The van der Waals surface area contributed by atoms with Crippen molar-refractivity contribution < 1.29 is 47.0 Å². The first-order chi connectivity index (χ1) is 17.8. The number of carbonyl (C=O) groups excluding carboxylic acids is 3. The number of halogens is 3. The maximum absolute atomic E-state index is 13.3. The van der Waals surface area contributed by atoms with Crippen molar-refractivity contribution in [3.05, 3.63) is 54.0 Å². The summed E-state index contributed by atoms with van der Waals surface area (Å²) >= 11 is 0. The second-order valence-corrected chi connectivity index (χ2v) is 8.80. The standard InChI is InChI=1S/C25H30F3N3O7/c1-3-14(2)20(23(35)29-17(24(36)37)10-11-25(26,27)28)31-21(33)18(13-15-6-8-16(32)9-7-15)30-22(34)19-5-4-12-38-19/h4-9,12,14,17-18,20,32H,3,10-11,13H2,1-2H3,(H,29,35)(H,30,34)(H,31,33)(H,36,37)/t14-,17-,18-,20-/m0/s1. The van der Waals surface area contributed by atoms with Gasteiger partial charge in [0.05, 0.1) is 6.26 Å². The van der Waals surface area contributed by atoms with Gasteiger partial charge in [0, 0.05) is 12.8 Å². The molecule has 4 atom stereocenters. The molecule has 5 N–H and O–H groups in total. The molecule has 0 aliphatic rings. The van der Waals surface area contributed by atoms with Crippen LogP contribution in [0.25, 0.3) is 0 Å². The summed E-state index contributed by atoms with van der Waals surface area (Å²) in [5, 5.41) is 25.9. The van der Waals surface area contributed by atoms with E-state index < -0.39 is 66.8 Å². The average molecular weight is 542 g/mol. The smallest absolute Gasteiger partial charge is 0.389 e. The Bertz CT molecular complexity index is 1090. The highest BCUT2D eigenvalue weighted by atomic mass is 19.4. The lowest BCUT2D eigenvalue weighted by atomic mass is 9.96. The summed E-state index contributed by atoms with van der Waals surface area (Å²) in [7, 11) is 0. The summed E-state index contributed by atoms with van der Waals surface area (Å²) in [6.07, 6.45) is -5.33. The van der Waals surface area contributed by atoms with E-state index in [9.17, 15) is 42.6 Å². The van der Waals surface area contributed by atoms with Crippen molar-refractivity contribution in [3.63, 3.8) is 0 Å². The molecule has 1 heterocycles. The Morgan fingerprint density at radius 3 is 2.16 bits per heavy atom. The lowest BCUT2D eigenvalue weighted by Gasteiger charge is -2.28. The van der Waals surface area contributed by atoms with Gasteiger partial charge in [-0.3, -0.25) is 14.4 Å². The number of benzene rings is 1. The largest absolute Gasteiger partial charge is 0.508 e. The summed E-state index contributed by atoms with van der Waals surface area (Å²) in [4.78, 5) is 50.3. The second kappa shape index (κ2) is 13.5. The quantitative estimate of drug-likeness (QED) is 0.261. The Morgan fingerprint density at radius 2 is 1.63 bits per heavy atom. The minimum absolute atomic E-state index is 0.0126. The van der Waals surface area contributed by atoms with Gasteiger partial charge in [-0.2, -0.15) is 13.2 Å². The van der Waals surface area contributed by atoms with E-state index in [1.807, 2.05) is 0 Å². The zero-order chi connectivity index (χ0) is 28.5. The van der Waals surface area contributed by atoms with Crippen LogP contribution in [0.5, 0.6) is 5.75 Å². The minimum Gasteiger partial charge on any atom is -0.508 e. The monoisotopic (exact) mass is 541 g/mol. The normalized spacial score (nSPS) is 14.6. The summed E-state index contributed by atoms with van der Waals surface area (Å²) in [5.74, 6) is -4.74. The zero-order valence-electron chi connectivity index (χ0n) is 20.7. The van der Waals surface area contributed by atoms with Crippen molar-refractivity contribution in [1.29, 1.82) is 0 Å². The van der Waals surface area contributed by atoms with Crippen LogP contribution < -0.4 is 16.0 Å². The van der Waals surface area contributed by atoms with Crippen molar-refractivity contribution in [1.82, 2.24) is 16.0 Å². The molecule has 0 aliphatic heterocycles. The summed E-state index contributed by atoms with van der Waals surface area (Å²) in [5.41, 5.74) is 0.560. The van der Waals surface area contributed by atoms with Crippen molar-refractivity contribution in [2.24, 2.45) is 5.92 Å². The van der Waals surface area contributed by atoms with E-state index in [-0.39, 0.29) is 17.9 Å². The Hall–Kier alpha value is -4.03. The van der Waals surface area contributed by atoms with Gasteiger partial charge in [0.1, 0.15) is 23.9 Å². The number of aliphatic carboxylic acids is 1. The SMILES string of the molecule is CC[C@H](C)[C@H](NC(=O)[C@H](Cc1ccc(O)cc1)NC(=O)c1ccco1)C(=O)N[C@@H](CCC(F)(F)F)C(=O)O. The van der Waals surface area contributed by atoms with Crippen LogP contribution in [0.1, 0.15) is 49.2 Å². The molecule has 13 heteroatoms. The van der Waals surface area contributed by atoms with E-state index >= 15 is 0 Å². The molecule has 0 radical (unpaired) electrons. The number of hydrogen-bond donors (Lipinski definition) is 5. The van der Waals surface area contributed by atoms with Gasteiger partial charge in [-0.05, 0) is 42.2 Å². The van der Waals surface area contributed by atoms with Crippen molar-refractivity contribution >= 4 is 23.7 Å². The molecule has 38 heavy (non-hydrogen) atoms. The third-order valence-corrected chi connectivity index (χ3v) is 5.87. The van der Waals surface area contributed by atoms with Gasteiger partial charge in [-0.15, -0.1) is 0 Å². The first-order valence-corrected chi connectivity index (χ1v) is 11.8. The predicted molar refractivity (Wildman–Crippen MR) is 128 cm³/mol. The van der Waals surface area contributed by atoms with Gasteiger partial charge in [0.15, 0.2) is 5.76 Å². The van der Waals surface area contributed by atoms with Crippen LogP contribution in [0.2, 0.25) is 0 Å². The van der Waals surface area contributed by atoms with Crippen LogP contribution in [-0.2, 0) is 20.8 Å². The molecular formula is C25H30F3N3O7. The maximum atomic E-state index is 13.3. The van der Waals surface area contributed by atoms with E-state index in [0.29, 0.717) is 12.0 Å². The number of phenols is 1. The number of nitrogens with one attached hydrogen (secondary N) is 3. The molecule has 0 aliphatic carbocycles. The predicted octanol–water partition coefficient (Wildman–Crippen LogP) is 2.77. The fourth-order valence-corrected chi connectivity index (χ4v) is 3.50. The Labute approximate surface area is 216 Å². The minimum atomic E-state index is -4.61. The Morgan fingerprint density at radius 1 is 0.974 bits per heavy atom. The molecule has 0 unspecified atom stereocenters. The van der Waals surface area contributed by atoms with E-state index in [2.05, 4.69) is 16.0 Å². The summed E-state index contributed by atoms with van der Waals surface area (Å²) in [6.45, 7) is 3.31. The first kappa shape index (κ1) is 30.2. The first-order valence-electron chi connectivity index (χ1n) is 11.8. The zero-order valence-corrected chi connectivity index (χ0v) is 20.7. The number of alkyl halides is 3. The Balaban J connectivity index is 2.23. The lowest BCUT2D eigenvalue weighted by molar-refractivity contribution is -0.148. The third kappa shape index (κ3) is 9.45. The fourth-order valence-electron chi connectivity index (χ4n) is 3.50. The number of amides is 3. The Kier molecular flexibility index (Phi) is 10.7. The number of carbonyl (C=O) groups is 4. The van der Waals surface area contributed by atoms with Gasteiger partial charge in [-0.25, -0.2) is 4.79 Å². The van der Waals surface area contributed by atoms with E-state index in [1.165, 1.54) is 42.7 Å². The van der Waals surface area contributed by atoms with Crippen LogP contribution in [0.3, 0.4) is 0 Å². The number of phenolic OH excluding ortho intramolecular Hbond substituents is 1. The summed E-state index contributed by atoms with van der Waals surface area (Å²) in [6, 6.07) is 4.36. The number of furan rings is 1. The van der Waals surface area contributed by atoms with Crippen molar-refractivity contribution in [2.75, 3.05) is 0 Å². The molecular weight excluding hydrogens is 511 g/mol. The van der Waals surface area contributed by atoms with Gasteiger partial charge in [0.25, 0.3) is 5.91 Å². The van der Waals surface area contributed by atoms with Crippen LogP contribution in [0.15, 0.2) is 47.1 Å². The molecule has 3 amide bonds. The van der Waals surface area contributed by atoms with Crippen molar-refractivity contribution in [3.8, 4) is 5.75 Å². The van der Waals surface area contributed by atoms with Gasteiger partial charge >= 0.3 is 12.1 Å². The highest BCUT2D eigenvalue weighted by Crippen LogP contribution is 2.22. The average Bonchev–Trinajstić information content (AvgIpc) is 3.39. The molecule has 1 aromatic heterocycles. The van der Waals surface area contributed by atoms with Crippen LogP contribution in [0.4, 0.5) is 13.2 Å². The van der Waals surface area contributed by atoms with Gasteiger partial charge in [-0.1, -0.05) is 32.4 Å². The number of hydrogen-bond acceptors (Lipinski definition) is 6. The van der Waals surface area contributed by atoms with Crippen molar-refractivity contribution in [2.45, 2.75) is 63.8 Å². The third-order valence-electron chi connectivity index (χ3n) is 5.87. The highest BCUT2D eigenvalue weighted by molar-refractivity contribution is 5.97. The van der Waals surface area contributed by atoms with Crippen LogP contribution in [0, 0.1) is 5.92 Å². The number of aromatic hydroxyl groups is 1. The molecule has 1 aromatic carbocycles. The van der Waals surface area contributed by atoms with Crippen LogP contribution in [-0.4, -0.2) is 58.2 Å². The van der Waals surface area contributed by atoms with E-state index in [4.69, 9.17) is 4.42 Å². The second-order valence-electron chi connectivity index (χ2n) is 8.80. The molecule has 0 fully saturated rings. The maximum Gasteiger partial charge on any atom is 0.389 e. The van der Waals surface area contributed by atoms with Gasteiger partial charge in [0.2, 0.25) is 11.8 Å². The fraction of sp³-hybridized carbons (Fsp3) is 0.440. The molecule has 10 nitrogen and oxygen atoms in total. The molecule has 208 valence electrons. The molecule has 0 saturated carbocycles. The van der Waals surface area contributed by atoms with Crippen LogP contribution >= 0.6 is 0 Å². The van der Waals surface area contributed by atoms with E-state index in [1.54, 1.807) is 13.8 Å². The molecule has 2 rings (SSSR count).